The van der Waals surface area contributed by atoms with Gasteiger partial charge in [0.25, 0.3) is 0 Å². The van der Waals surface area contributed by atoms with Crippen LogP contribution >= 0.6 is 28.6 Å². The lowest BCUT2D eigenvalue weighted by Gasteiger charge is -2.00. The SMILES string of the molecule is Cc1cc(S)c(Br)cc1O. The maximum absolute atomic E-state index is 9.16. The molecule has 1 nitrogen and oxygen atoms in total. The fourth-order valence-electron chi connectivity index (χ4n) is 0.656. The molecule has 0 amide bonds. The number of aromatic hydroxyl groups is 1. The highest BCUT2D eigenvalue weighted by Gasteiger charge is 1.99. The molecule has 0 saturated carbocycles. The standard InChI is InChI=1S/C7H7BrOS/c1-4-2-7(10)5(8)3-6(4)9/h2-3,9-10H,1H3. The zero-order chi connectivity index (χ0) is 7.72. The number of phenols is 1. The average molecular weight is 219 g/mol. The largest absolute Gasteiger partial charge is 0.508 e. The Bertz CT molecular complexity index is 210. The summed E-state index contributed by atoms with van der Waals surface area (Å²) < 4.78 is 0.818. The average Bonchev–Trinajstić information content (AvgIpc) is 1.84. The summed E-state index contributed by atoms with van der Waals surface area (Å²) in [5.41, 5.74) is 0.841. The lowest BCUT2D eigenvalue weighted by molar-refractivity contribution is 0.470. The number of hydrogen-bond donors (Lipinski definition) is 2. The van der Waals surface area contributed by atoms with Gasteiger partial charge in [-0.25, -0.2) is 0 Å². The summed E-state index contributed by atoms with van der Waals surface area (Å²) in [6.45, 7) is 1.83. The zero-order valence-electron chi connectivity index (χ0n) is 5.43. The molecular formula is C7H7BrOS. The summed E-state index contributed by atoms with van der Waals surface area (Å²) in [5.74, 6) is 0.296. The van der Waals surface area contributed by atoms with Crippen LogP contribution in [0.2, 0.25) is 0 Å². The van der Waals surface area contributed by atoms with E-state index in [9.17, 15) is 0 Å². The Morgan fingerprint density at radius 3 is 2.60 bits per heavy atom. The molecule has 0 aromatic heterocycles. The van der Waals surface area contributed by atoms with Gasteiger partial charge in [0.05, 0.1) is 0 Å². The van der Waals surface area contributed by atoms with Crippen molar-refractivity contribution >= 4 is 28.6 Å². The van der Waals surface area contributed by atoms with E-state index in [1.54, 1.807) is 6.07 Å². The van der Waals surface area contributed by atoms with Crippen molar-refractivity contribution < 1.29 is 5.11 Å². The van der Waals surface area contributed by atoms with Crippen LogP contribution in [-0.2, 0) is 0 Å². The first-order chi connectivity index (χ1) is 4.61. The molecule has 0 unspecified atom stereocenters. The number of hydrogen-bond acceptors (Lipinski definition) is 2. The number of rotatable bonds is 0. The third kappa shape index (κ3) is 1.47. The van der Waals surface area contributed by atoms with Crippen molar-refractivity contribution in [2.75, 3.05) is 0 Å². The monoisotopic (exact) mass is 218 g/mol. The second-order valence-corrected chi connectivity index (χ2v) is 3.43. The van der Waals surface area contributed by atoms with Crippen molar-refractivity contribution in [2.45, 2.75) is 11.8 Å². The van der Waals surface area contributed by atoms with Gasteiger partial charge in [-0.2, -0.15) is 0 Å². The van der Waals surface area contributed by atoms with E-state index < -0.39 is 0 Å². The van der Waals surface area contributed by atoms with Crippen molar-refractivity contribution in [3.63, 3.8) is 0 Å². The predicted octanol–water partition coefficient (Wildman–Crippen LogP) is 2.75. The van der Waals surface area contributed by atoms with Crippen LogP contribution in [0.1, 0.15) is 5.56 Å². The zero-order valence-corrected chi connectivity index (χ0v) is 7.91. The van der Waals surface area contributed by atoms with Gasteiger partial charge in [0.1, 0.15) is 5.75 Å². The summed E-state index contributed by atoms with van der Waals surface area (Å²) in [4.78, 5) is 0.843. The van der Waals surface area contributed by atoms with E-state index in [0.717, 1.165) is 14.9 Å². The van der Waals surface area contributed by atoms with Crippen molar-refractivity contribution in [3.05, 3.63) is 22.2 Å². The van der Waals surface area contributed by atoms with Gasteiger partial charge in [0.15, 0.2) is 0 Å². The minimum atomic E-state index is 0.296. The Balaban J connectivity index is 3.28. The van der Waals surface area contributed by atoms with Gasteiger partial charge in [-0.05, 0) is 40.5 Å². The van der Waals surface area contributed by atoms with Gasteiger partial charge < -0.3 is 5.11 Å². The topological polar surface area (TPSA) is 20.2 Å². The van der Waals surface area contributed by atoms with Crippen LogP contribution in [0.3, 0.4) is 0 Å². The van der Waals surface area contributed by atoms with E-state index in [-0.39, 0.29) is 0 Å². The van der Waals surface area contributed by atoms with Crippen LogP contribution in [0.25, 0.3) is 0 Å². The molecule has 54 valence electrons. The van der Waals surface area contributed by atoms with Crippen molar-refractivity contribution in [1.82, 2.24) is 0 Å². The highest BCUT2D eigenvalue weighted by Crippen LogP contribution is 2.27. The van der Waals surface area contributed by atoms with Crippen LogP contribution in [0.5, 0.6) is 5.75 Å². The molecule has 1 aromatic rings. The van der Waals surface area contributed by atoms with E-state index in [0.29, 0.717) is 5.75 Å². The van der Waals surface area contributed by atoms with E-state index in [1.807, 2.05) is 13.0 Å². The minimum absolute atomic E-state index is 0.296. The van der Waals surface area contributed by atoms with Crippen LogP contribution in [0.15, 0.2) is 21.5 Å². The molecule has 1 rings (SSSR count). The van der Waals surface area contributed by atoms with E-state index in [2.05, 4.69) is 28.6 Å². The van der Waals surface area contributed by atoms with Crippen LogP contribution in [-0.4, -0.2) is 5.11 Å². The number of aryl methyl sites for hydroxylation is 1. The maximum Gasteiger partial charge on any atom is 0.119 e. The van der Waals surface area contributed by atoms with Gasteiger partial charge in [0, 0.05) is 9.37 Å². The first-order valence-electron chi connectivity index (χ1n) is 2.79. The predicted molar refractivity (Wildman–Crippen MR) is 47.8 cm³/mol. The maximum atomic E-state index is 9.16. The first kappa shape index (κ1) is 7.95. The third-order valence-corrected chi connectivity index (χ3v) is 2.60. The van der Waals surface area contributed by atoms with Crippen LogP contribution in [0.4, 0.5) is 0 Å². The molecule has 0 aliphatic rings. The molecular weight excluding hydrogens is 212 g/mol. The second kappa shape index (κ2) is 2.84. The molecule has 0 saturated heterocycles. The third-order valence-electron chi connectivity index (χ3n) is 1.27. The molecule has 0 fully saturated rings. The lowest BCUT2D eigenvalue weighted by atomic mass is 10.2. The molecule has 0 spiro atoms. The van der Waals surface area contributed by atoms with Gasteiger partial charge >= 0.3 is 0 Å². The molecule has 1 aromatic carbocycles. The number of thiol groups is 1. The van der Waals surface area contributed by atoms with Crippen molar-refractivity contribution in [2.24, 2.45) is 0 Å². The molecule has 0 bridgehead atoms. The highest BCUT2D eigenvalue weighted by atomic mass is 79.9. The van der Waals surface area contributed by atoms with Crippen molar-refractivity contribution in [1.29, 1.82) is 0 Å². The molecule has 0 heterocycles. The van der Waals surface area contributed by atoms with Crippen LogP contribution in [0, 0.1) is 6.92 Å². The lowest BCUT2D eigenvalue weighted by Crippen LogP contribution is -1.76. The summed E-state index contributed by atoms with van der Waals surface area (Å²) >= 11 is 7.40. The normalized spacial score (nSPS) is 9.90. The van der Waals surface area contributed by atoms with Gasteiger partial charge in [-0.3, -0.25) is 0 Å². The second-order valence-electron chi connectivity index (χ2n) is 2.09. The van der Waals surface area contributed by atoms with E-state index >= 15 is 0 Å². The van der Waals surface area contributed by atoms with Crippen LogP contribution < -0.4 is 0 Å². The Morgan fingerprint density at radius 1 is 1.50 bits per heavy atom. The van der Waals surface area contributed by atoms with Gasteiger partial charge in [-0.15, -0.1) is 12.6 Å². The fourth-order valence-corrected chi connectivity index (χ4v) is 1.25. The fraction of sp³-hybridized carbons (Fsp3) is 0.143. The molecule has 0 radical (unpaired) electrons. The smallest absolute Gasteiger partial charge is 0.119 e. The molecule has 0 aliphatic heterocycles. The Kier molecular flexibility index (Phi) is 2.26. The van der Waals surface area contributed by atoms with Gasteiger partial charge in [0.2, 0.25) is 0 Å². The highest BCUT2D eigenvalue weighted by molar-refractivity contribution is 9.10. The number of benzene rings is 1. The first-order valence-corrected chi connectivity index (χ1v) is 4.03. The summed E-state index contributed by atoms with van der Waals surface area (Å²) in [6, 6.07) is 3.44. The molecule has 10 heavy (non-hydrogen) atoms. The Morgan fingerprint density at radius 2 is 2.10 bits per heavy atom. The summed E-state index contributed by atoms with van der Waals surface area (Å²) in [5, 5.41) is 9.16. The molecule has 0 aliphatic carbocycles. The molecule has 0 atom stereocenters. The number of halogens is 1. The minimum Gasteiger partial charge on any atom is -0.508 e. The quantitative estimate of drug-likeness (QED) is 0.643. The Hall–Kier alpha value is -0.150. The van der Waals surface area contributed by atoms with E-state index in [1.165, 1.54) is 0 Å². The van der Waals surface area contributed by atoms with Crippen molar-refractivity contribution in [3.8, 4) is 5.75 Å². The van der Waals surface area contributed by atoms with Gasteiger partial charge in [-0.1, -0.05) is 0 Å². The molecule has 1 N–H and O–H groups in total. The van der Waals surface area contributed by atoms with E-state index in [4.69, 9.17) is 5.11 Å². The summed E-state index contributed by atoms with van der Waals surface area (Å²) in [7, 11) is 0. The number of phenolic OH excluding ortho intramolecular Hbond substituents is 1. The molecule has 3 heteroatoms. The Labute approximate surface area is 73.6 Å². The summed E-state index contributed by atoms with van der Waals surface area (Å²) in [6.07, 6.45) is 0.